The molecule has 2 aromatic heterocycles. The summed E-state index contributed by atoms with van der Waals surface area (Å²) >= 11 is 3.45. The summed E-state index contributed by atoms with van der Waals surface area (Å²) in [5, 5.41) is 3.18. The van der Waals surface area contributed by atoms with Crippen LogP contribution in [0.3, 0.4) is 0 Å². The van der Waals surface area contributed by atoms with Crippen molar-refractivity contribution in [1.29, 1.82) is 0 Å². The number of rotatable bonds is 6. The van der Waals surface area contributed by atoms with E-state index < -0.39 is 0 Å². The lowest BCUT2D eigenvalue weighted by molar-refractivity contribution is 0.0931. The number of nitrogens with zero attached hydrogens (tertiary/aromatic N) is 4. The molecule has 0 saturated carbocycles. The number of nitrogens with one attached hydrogen (secondary N) is 1. The Kier molecular flexibility index (Phi) is 6.31. The maximum Gasteiger partial charge on any atom is 0.251 e. The summed E-state index contributed by atoms with van der Waals surface area (Å²) in [7, 11) is 0. The van der Waals surface area contributed by atoms with Crippen molar-refractivity contribution in [3.8, 4) is 0 Å². The van der Waals surface area contributed by atoms with Gasteiger partial charge in [-0.05, 0) is 48.7 Å². The van der Waals surface area contributed by atoms with Crippen LogP contribution in [0, 0.1) is 0 Å². The third-order valence-corrected chi connectivity index (χ3v) is 7.77. The quantitative estimate of drug-likeness (QED) is 0.417. The Bertz CT molecular complexity index is 1150. The molecule has 3 heterocycles. The number of carbonyl (C=O) groups excluding carboxylic acids is 1. The fourth-order valence-electron chi connectivity index (χ4n) is 3.76. The molecule has 0 atom stereocenters. The number of benzene rings is 2. The van der Waals surface area contributed by atoms with Gasteiger partial charge in [0.2, 0.25) is 5.95 Å². The molecule has 6 nitrogen and oxygen atoms in total. The average Bonchev–Trinajstić information content (AvgIpc) is 3.27. The Hall–Kier alpha value is -2.97. The summed E-state index contributed by atoms with van der Waals surface area (Å²) in [6.07, 6.45) is 5.30. The summed E-state index contributed by atoms with van der Waals surface area (Å²) < 4.78 is 2.28. The van der Waals surface area contributed by atoms with Gasteiger partial charge >= 0.3 is 0 Å². The number of fused-ring (bicyclic) bond motifs is 1. The van der Waals surface area contributed by atoms with Gasteiger partial charge in [0.1, 0.15) is 0 Å². The molecule has 1 fully saturated rings. The van der Waals surface area contributed by atoms with Crippen molar-refractivity contribution < 1.29 is 4.79 Å². The molecule has 5 rings (SSSR count). The third kappa shape index (κ3) is 4.92. The first-order valence-electron chi connectivity index (χ1n) is 10.6. The number of hydrogen-bond donors (Lipinski definition) is 1. The van der Waals surface area contributed by atoms with Gasteiger partial charge in [0.15, 0.2) is 4.34 Å². The highest BCUT2D eigenvalue weighted by Crippen LogP contribution is 2.31. The minimum Gasteiger partial charge on any atom is -0.349 e. The Morgan fingerprint density at radius 3 is 2.53 bits per heavy atom. The van der Waals surface area contributed by atoms with Crippen LogP contribution in [0.5, 0.6) is 0 Å². The van der Waals surface area contributed by atoms with Gasteiger partial charge in [0.05, 0.1) is 10.2 Å². The Balaban J connectivity index is 1.12. The highest BCUT2D eigenvalue weighted by atomic mass is 32.2. The van der Waals surface area contributed by atoms with Crippen molar-refractivity contribution >= 4 is 45.2 Å². The second-order valence-electron chi connectivity index (χ2n) is 7.72. The van der Waals surface area contributed by atoms with Crippen molar-refractivity contribution in [2.45, 2.75) is 29.0 Å². The second-order valence-corrected chi connectivity index (χ2v) is 9.97. The van der Waals surface area contributed by atoms with Crippen LogP contribution in [0.25, 0.3) is 10.2 Å². The summed E-state index contributed by atoms with van der Waals surface area (Å²) in [6, 6.07) is 18.1. The predicted molar refractivity (Wildman–Crippen MR) is 130 cm³/mol. The number of aromatic nitrogens is 3. The zero-order valence-corrected chi connectivity index (χ0v) is 19.1. The monoisotopic (exact) mass is 461 g/mol. The fraction of sp³-hybridized carbons (Fsp3) is 0.250. The van der Waals surface area contributed by atoms with Gasteiger partial charge in [0, 0.05) is 42.8 Å². The summed E-state index contributed by atoms with van der Waals surface area (Å²) in [6.45, 7) is 1.69. The first kappa shape index (κ1) is 20.9. The molecular formula is C24H23N5OS2. The zero-order valence-electron chi connectivity index (χ0n) is 17.5. The number of thiazole rings is 1. The molecule has 4 aromatic rings. The fourth-order valence-corrected chi connectivity index (χ4v) is 5.78. The van der Waals surface area contributed by atoms with E-state index in [0.717, 1.165) is 47.5 Å². The van der Waals surface area contributed by atoms with Gasteiger partial charge in [-0.25, -0.2) is 15.0 Å². The third-order valence-electron chi connectivity index (χ3n) is 5.52. The minimum atomic E-state index is -0.00946. The second kappa shape index (κ2) is 9.67. The number of para-hydroxylation sites is 1. The number of piperidine rings is 1. The molecule has 32 heavy (non-hydrogen) atoms. The Morgan fingerprint density at radius 2 is 1.78 bits per heavy atom. The molecule has 2 aromatic carbocycles. The van der Waals surface area contributed by atoms with E-state index in [1.54, 1.807) is 35.5 Å². The largest absolute Gasteiger partial charge is 0.349 e. The van der Waals surface area contributed by atoms with E-state index in [2.05, 4.69) is 31.2 Å². The van der Waals surface area contributed by atoms with E-state index in [1.165, 1.54) is 10.3 Å². The topological polar surface area (TPSA) is 71.0 Å². The standard InChI is InChI=1S/C24H23N5OS2/c30-22(27-19-10-14-29(15-11-19)23-25-12-3-13-26-23)18-8-6-17(7-9-18)16-31-24-28-20-4-1-2-5-21(20)32-24/h1-9,12-13,19H,10-11,14-16H2,(H,27,30). The number of hydrogen-bond acceptors (Lipinski definition) is 7. The molecule has 0 bridgehead atoms. The van der Waals surface area contributed by atoms with Gasteiger partial charge in [0.25, 0.3) is 5.91 Å². The van der Waals surface area contributed by atoms with Gasteiger partial charge in [-0.2, -0.15) is 0 Å². The Labute approximate surface area is 195 Å². The van der Waals surface area contributed by atoms with Crippen LogP contribution in [0.1, 0.15) is 28.8 Å². The SMILES string of the molecule is O=C(NC1CCN(c2ncccn2)CC1)c1ccc(CSc2nc3ccccc3s2)cc1. The smallest absolute Gasteiger partial charge is 0.251 e. The molecule has 0 radical (unpaired) electrons. The molecular weight excluding hydrogens is 438 g/mol. The van der Waals surface area contributed by atoms with Crippen LogP contribution in [0.2, 0.25) is 0 Å². The Morgan fingerprint density at radius 1 is 1.03 bits per heavy atom. The van der Waals surface area contributed by atoms with Crippen LogP contribution < -0.4 is 10.2 Å². The lowest BCUT2D eigenvalue weighted by Gasteiger charge is -2.32. The van der Waals surface area contributed by atoms with Crippen LogP contribution in [0.4, 0.5) is 5.95 Å². The molecule has 8 heteroatoms. The molecule has 1 aliphatic rings. The van der Waals surface area contributed by atoms with E-state index >= 15 is 0 Å². The average molecular weight is 462 g/mol. The lowest BCUT2D eigenvalue weighted by atomic mass is 10.0. The zero-order chi connectivity index (χ0) is 21.8. The molecule has 0 spiro atoms. The lowest BCUT2D eigenvalue weighted by Crippen LogP contribution is -2.45. The van der Waals surface area contributed by atoms with Gasteiger partial charge < -0.3 is 10.2 Å². The first-order valence-corrected chi connectivity index (χ1v) is 12.4. The van der Waals surface area contributed by atoms with Gasteiger partial charge in [-0.1, -0.05) is 36.0 Å². The highest BCUT2D eigenvalue weighted by Gasteiger charge is 2.22. The van der Waals surface area contributed by atoms with Crippen LogP contribution >= 0.6 is 23.1 Å². The van der Waals surface area contributed by atoms with Crippen molar-refractivity contribution in [2.24, 2.45) is 0 Å². The van der Waals surface area contributed by atoms with E-state index in [-0.39, 0.29) is 11.9 Å². The molecule has 1 saturated heterocycles. The van der Waals surface area contributed by atoms with E-state index in [0.29, 0.717) is 5.56 Å². The van der Waals surface area contributed by atoms with Crippen molar-refractivity contribution in [3.05, 3.63) is 78.1 Å². The van der Waals surface area contributed by atoms with Gasteiger partial charge in [-0.3, -0.25) is 4.79 Å². The number of carbonyl (C=O) groups is 1. The number of amides is 1. The molecule has 0 unspecified atom stereocenters. The van der Waals surface area contributed by atoms with Crippen molar-refractivity contribution in [1.82, 2.24) is 20.3 Å². The van der Waals surface area contributed by atoms with Crippen LogP contribution in [-0.2, 0) is 5.75 Å². The molecule has 1 amide bonds. The minimum absolute atomic E-state index is 0.00946. The predicted octanol–water partition coefficient (Wildman–Crippen LogP) is 4.78. The van der Waals surface area contributed by atoms with E-state index in [9.17, 15) is 4.79 Å². The van der Waals surface area contributed by atoms with E-state index in [4.69, 9.17) is 0 Å². The summed E-state index contributed by atoms with van der Waals surface area (Å²) in [4.78, 5) is 28.2. The first-order chi connectivity index (χ1) is 15.7. The van der Waals surface area contributed by atoms with Crippen LogP contribution in [0.15, 0.2) is 71.3 Å². The highest BCUT2D eigenvalue weighted by molar-refractivity contribution is 8.00. The maximum absolute atomic E-state index is 12.7. The van der Waals surface area contributed by atoms with E-state index in [1.807, 2.05) is 48.5 Å². The number of thioether (sulfide) groups is 1. The van der Waals surface area contributed by atoms with Gasteiger partial charge in [-0.15, -0.1) is 11.3 Å². The molecule has 1 aliphatic heterocycles. The van der Waals surface area contributed by atoms with Crippen molar-refractivity contribution in [2.75, 3.05) is 18.0 Å². The summed E-state index contributed by atoms with van der Waals surface area (Å²) in [5.41, 5.74) is 2.93. The normalized spacial score (nSPS) is 14.6. The summed E-state index contributed by atoms with van der Waals surface area (Å²) in [5.74, 6) is 1.59. The van der Waals surface area contributed by atoms with Crippen molar-refractivity contribution in [3.63, 3.8) is 0 Å². The molecule has 1 N–H and O–H groups in total. The maximum atomic E-state index is 12.7. The van der Waals surface area contributed by atoms with Crippen LogP contribution in [-0.4, -0.2) is 40.0 Å². The number of anilines is 1. The molecule has 0 aliphatic carbocycles. The molecule has 162 valence electrons.